The standard InChI is InChI=1S/C9H15F3N2OS/c10-9(11,12)6-13-5-8(15)14-4-7-2-1-3-16-7/h7,13H,1-6H2,(H,14,15). The summed E-state index contributed by atoms with van der Waals surface area (Å²) in [6.45, 7) is -0.854. The molecule has 3 nitrogen and oxygen atoms in total. The van der Waals surface area contributed by atoms with Crippen LogP contribution in [0.4, 0.5) is 13.2 Å². The zero-order valence-corrected chi connectivity index (χ0v) is 9.59. The smallest absolute Gasteiger partial charge is 0.354 e. The van der Waals surface area contributed by atoms with Crippen LogP contribution in [0.2, 0.25) is 0 Å². The quantitative estimate of drug-likeness (QED) is 0.775. The lowest BCUT2D eigenvalue weighted by Gasteiger charge is -2.11. The molecule has 1 rings (SSSR count). The summed E-state index contributed by atoms with van der Waals surface area (Å²) in [4.78, 5) is 11.1. The highest BCUT2D eigenvalue weighted by Gasteiger charge is 2.26. The van der Waals surface area contributed by atoms with Crippen LogP contribution < -0.4 is 10.6 Å². The summed E-state index contributed by atoms with van der Waals surface area (Å²) >= 11 is 1.80. The van der Waals surface area contributed by atoms with E-state index in [1.54, 1.807) is 11.8 Å². The van der Waals surface area contributed by atoms with Crippen molar-refractivity contribution in [1.82, 2.24) is 10.6 Å². The van der Waals surface area contributed by atoms with E-state index in [1.807, 2.05) is 0 Å². The monoisotopic (exact) mass is 256 g/mol. The summed E-state index contributed by atoms with van der Waals surface area (Å²) < 4.78 is 35.2. The minimum Gasteiger partial charge on any atom is -0.354 e. The van der Waals surface area contributed by atoms with Gasteiger partial charge in [0.25, 0.3) is 0 Å². The predicted molar refractivity (Wildman–Crippen MR) is 57.4 cm³/mol. The molecule has 1 fully saturated rings. The van der Waals surface area contributed by atoms with Gasteiger partial charge in [-0.2, -0.15) is 24.9 Å². The molecule has 1 atom stereocenters. The van der Waals surface area contributed by atoms with Gasteiger partial charge in [-0.25, -0.2) is 0 Å². The molecule has 1 aliphatic heterocycles. The van der Waals surface area contributed by atoms with E-state index < -0.39 is 12.7 Å². The molecular formula is C9H15F3N2OS. The van der Waals surface area contributed by atoms with Crippen molar-refractivity contribution in [3.05, 3.63) is 0 Å². The summed E-state index contributed by atoms with van der Waals surface area (Å²) in [5.74, 6) is 0.726. The zero-order valence-electron chi connectivity index (χ0n) is 8.77. The Labute approximate surface area is 96.5 Å². The van der Waals surface area contributed by atoms with E-state index in [0.717, 1.165) is 18.6 Å². The van der Waals surface area contributed by atoms with Gasteiger partial charge >= 0.3 is 6.18 Å². The second-order valence-electron chi connectivity index (χ2n) is 3.66. The van der Waals surface area contributed by atoms with E-state index in [4.69, 9.17) is 0 Å². The van der Waals surface area contributed by atoms with Crippen LogP contribution in [0.15, 0.2) is 0 Å². The number of hydrogen-bond donors (Lipinski definition) is 2. The van der Waals surface area contributed by atoms with Gasteiger partial charge in [0.05, 0.1) is 13.1 Å². The Balaban J connectivity index is 2.02. The average molecular weight is 256 g/mol. The molecule has 7 heteroatoms. The largest absolute Gasteiger partial charge is 0.401 e. The molecule has 94 valence electrons. The van der Waals surface area contributed by atoms with Crippen LogP contribution in [-0.4, -0.2) is 42.7 Å². The number of amides is 1. The minimum absolute atomic E-state index is 0.281. The molecule has 16 heavy (non-hydrogen) atoms. The van der Waals surface area contributed by atoms with Gasteiger partial charge in [-0.05, 0) is 18.6 Å². The average Bonchev–Trinajstić information content (AvgIpc) is 2.65. The number of halogens is 3. The number of thioether (sulfide) groups is 1. The van der Waals surface area contributed by atoms with Crippen LogP contribution >= 0.6 is 11.8 Å². The molecule has 1 heterocycles. The van der Waals surface area contributed by atoms with Gasteiger partial charge in [0, 0.05) is 11.8 Å². The lowest BCUT2D eigenvalue weighted by atomic mass is 10.2. The SMILES string of the molecule is O=C(CNCC(F)(F)F)NCC1CCCS1. The second kappa shape index (κ2) is 6.34. The zero-order chi connectivity index (χ0) is 12.0. The Bertz CT molecular complexity index is 229. The van der Waals surface area contributed by atoms with E-state index in [1.165, 1.54) is 0 Å². The van der Waals surface area contributed by atoms with Crippen LogP contribution in [0, 0.1) is 0 Å². The molecule has 2 N–H and O–H groups in total. The first-order valence-corrected chi connectivity index (χ1v) is 6.18. The van der Waals surface area contributed by atoms with E-state index >= 15 is 0 Å². The van der Waals surface area contributed by atoms with E-state index in [-0.39, 0.29) is 12.5 Å². The van der Waals surface area contributed by atoms with Crippen LogP contribution in [0.5, 0.6) is 0 Å². The molecule has 0 bridgehead atoms. The molecule has 0 aromatic carbocycles. The summed E-state index contributed by atoms with van der Waals surface area (Å²) in [7, 11) is 0. The van der Waals surface area contributed by atoms with E-state index in [0.29, 0.717) is 11.8 Å². The van der Waals surface area contributed by atoms with Gasteiger partial charge in [-0.3, -0.25) is 4.79 Å². The highest BCUT2D eigenvalue weighted by molar-refractivity contribution is 8.00. The molecule has 0 saturated carbocycles. The summed E-state index contributed by atoms with van der Waals surface area (Å²) in [5, 5.41) is 5.10. The number of rotatable bonds is 5. The Morgan fingerprint density at radius 3 is 2.75 bits per heavy atom. The molecule has 0 spiro atoms. The maximum Gasteiger partial charge on any atom is 0.401 e. The van der Waals surface area contributed by atoms with Crippen molar-refractivity contribution >= 4 is 17.7 Å². The van der Waals surface area contributed by atoms with Crippen molar-refractivity contribution in [1.29, 1.82) is 0 Å². The summed E-state index contributed by atoms with van der Waals surface area (Å²) in [6.07, 6.45) is -2.04. The van der Waals surface area contributed by atoms with Gasteiger partial charge in [0.15, 0.2) is 0 Å². The Kier molecular flexibility index (Phi) is 5.40. The number of hydrogen-bond acceptors (Lipinski definition) is 3. The van der Waals surface area contributed by atoms with Crippen molar-refractivity contribution in [2.45, 2.75) is 24.3 Å². The maximum atomic E-state index is 11.7. The maximum absolute atomic E-state index is 11.7. The van der Waals surface area contributed by atoms with Gasteiger partial charge in [-0.15, -0.1) is 0 Å². The molecule has 1 unspecified atom stereocenters. The van der Waals surface area contributed by atoms with Crippen molar-refractivity contribution < 1.29 is 18.0 Å². The van der Waals surface area contributed by atoms with Crippen LogP contribution in [-0.2, 0) is 4.79 Å². The number of alkyl halides is 3. The number of carbonyl (C=O) groups is 1. The van der Waals surface area contributed by atoms with Gasteiger partial charge in [-0.1, -0.05) is 0 Å². The van der Waals surface area contributed by atoms with Crippen LogP contribution in [0.25, 0.3) is 0 Å². The van der Waals surface area contributed by atoms with E-state index in [9.17, 15) is 18.0 Å². The molecule has 0 radical (unpaired) electrons. The fraction of sp³-hybridized carbons (Fsp3) is 0.889. The van der Waals surface area contributed by atoms with Crippen LogP contribution in [0.3, 0.4) is 0 Å². The first kappa shape index (κ1) is 13.6. The second-order valence-corrected chi connectivity index (χ2v) is 5.07. The van der Waals surface area contributed by atoms with Gasteiger partial charge in [0.2, 0.25) is 5.91 Å². The van der Waals surface area contributed by atoms with Crippen molar-refractivity contribution in [3.63, 3.8) is 0 Å². The fourth-order valence-electron chi connectivity index (χ4n) is 1.41. The van der Waals surface area contributed by atoms with Crippen LogP contribution in [0.1, 0.15) is 12.8 Å². The van der Waals surface area contributed by atoms with Gasteiger partial charge < -0.3 is 10.6 Å². The summed E-state index contributed by atoms with van der Waals surface area (Å²) in [6, 6.07) is 0. The highest BCUT2D eigenvalue weighted by atomic mass is 32.2. The Morgan fingerprint density at radius 2 is 2.19 bits per heavy atom. The third-order valence-corrected chi connectivity index (χ3v) is 3.56. The first-order chi connectivity index (χ1) is 7.47. The number of nitrogens with one attached hydrogen (secondary N) is 2. The predicted octanol–water partition coefficient (Wildman–Crippen LogP) is 1.15. The molecular weight excluding hydrogens is 241 g/mol. The Morgan fingerprint density at radius 1 is 1.44 bits per heavy atom. The van der Waals surface area contributed by atoms with Crippen molar-refractivity contribution in [2.24, 2.45) is 0 Å². The third kappa shape index (κ3) is 6.22. The van der Waals surface area contributed by atoms with Crippen molar-refractivity contribution in [2.75, 3.05) is 25.4 Å². The molecule has 0 aliphatic carbocycles. The topological polar surface area (TPSA) is 41.1 Å². The molecule has 1 amide bonds. The number of carbonyl (C=O) groups excluding carboxylic acids is 1. The van der Waals surface area contributed by atoms with E-state index in [2.05, 4.69) is 10.6 Å². The minimum atomic E-state index is -4.26. The molecule has 1 aliphatic rings. The van der Waals surface area contributed by atoms with Crippen molar-refractivity contribution in [3.8, 4) is 0 Å². The lowest BCUT2D eigenvalue weighted by molar-refractivity contribution is -0.128. The first-order valence-electron chi connectivity index (χ1n) is 5.13. The molecule has 0 aromatic heterocycles. The highest BCUT2D eigenvalue weighted by Crippen LogP contribution is 2.25. The molecule has 0 aromatic rings. The Hall–Kier alpha value is -0.430. The molecule has 1 saturated heterocycles. The summed E-state index contributed by atoms with van der Waals surface area (Å²) in [5.41, 5.74) is 0. The normalized spacial score (nSPS) is 21.1. The van der Waals surface area contributed by atoms with Gasteiger partial charge in [0.1, 0.15) is 0 Å². The lowest BCUT2D eigenvalue weighted by Crippen LogP contribution is -2.40. The fourth-order valence-corrected chi connectivity index (χ4v) is 2.61. The third-order valence-electron chi connectivity index (χ3n) is 2.16.